The van der Waals surface area contributed by atoms with Crippen molar-refractivity contribution in [2.75, 3.05) is 29.5 Å². The molecule has 0 bridgehead atoms. The molecular weight excluding hydrogens is 400 g/mol. The van der Waals surface area contributed by atoms with Gasteiger partial charge in [-0.05, 0) is 42.2 Å². The molecule has 1 N–H and O–H groups in total. The Kier molecular flexibility index (Phi) is 6.96. The van der Waals surface area contributed by atoms with Gasteiger partial charge in [-0.3, -0.25) is 9.10 Å². The van der Waals surface area contributed by atoms with Gasteiger partial charge >= 0.3 is 0 Å². The Bertz CT molecular complexity index is 974. The highest BCUT2D eigenvalue weighted by molar-refractivity contribution is 7.92. The van der Waals surface area contributed by atoms with Crippen molar-refractivity contribution in [3.8, 4) is 5.75 Å². The molecule has 0 spiro atoms. The first-order valence-corrected chi connectivity index (χ1v) is 11.0. The molecule has 1 amide bonds. The van der Waals surface area contributed by atoms with Crippen molar-refractivity contribution < 1.29 is 17.9 Å². The predicted octanol–water partition coefficient (Wildman–Crippen LogP) is 4.19. The lowest BCUT2D eigenvalue weighted by Crippen LogP contribution is -2.38. The van der Waals surface area contributed by atoms with Crippen LogP contribution in [0.15, 0.2) is 36.4 Å². The lowest BCUT2D eigenvalue weighted by molar-refractivity contribution is -0.114. The van der Waals surface area contributed by atoms with E-state index >= 15 is 0 Å². The normalized spacial score (nSPS) is 11.4. The van der Waals surface area contributed by atoms with E-state index in [1.165, 1.54) is 13.2 Å². The van der Waals surface area contributed by atoms with Gasteiger partial charge in [0, 0.05) is 10.7 Å². The third-order valence-electron chi connectivity index (χ3n) is 4.29. The zero-order valence-electron chi connectivity index (χ0n) is 16.6. The van der Waals surface area contributed by atoms with Crippen molar-refractivity contribution in [2.45, 2.75) is 26.7 Å². The van der Waals surface area contributed by atoms with Gasteiger partial charge in [0.1, 0.15) is 12.3 Å². The second-order valence-corrected chi connectivity index (χ2v) is 9.17. The SMILES string of the molecule is COc1ccc(Cl)cc1N(CC(=O)Nc1c(C)cccc1C(C)C)S(C)(=O)=O. The van der Waals surface area contributed by atoms with Crippen LogP contribution in [0.25, 0.3) is 0 Å². The summed E-state index contributed by atoms with van der Waals surface area (Å²) in [5.41, 5.74) is 2.81. The number of ether oxygens (including phenoxy) is 1. The minimum absolute atomic E-state index is 0.203. The molecule has 152 valence electrons. The number of aryl methyl sites for hydroxylation is 1. The highest BCUT2D eigenvalue weighted by atomic mass is 35.5. The van der Waals surface area contributed by atoms with Crippen LogP contribution in [0.4, 0.5) is 11.4 Å². The van der Waals surface area contributed by atoms with Gasteiger partial charge in [0.05, 0.1) is 19.1 Å². The Morgan fingerprint density at radius 1 is 1.25 bits per heavy atom. The fraction of sp³-hybridized carbons (Fsp3) is 0.350. The van der Waals surface area contributed by atoms with E-state index in [4.69, 9.17) is 16.3 Å². The molecule has 0 unspecified atom stereocenters. The summed E-state index contributed by atoms with van der Waals surface area (Å²) < 4.78 is 31.0. The summed E-state index contributed by atoms with van der Waals surface area (Å²) in [5, 5.41) is 3.20. The van der Waals surface area contributed by atoms with E-state index in [1.807, 2.05) is 39.0 Å². The number of methoxy groups -OCH3 is 1. The third-order valence-corrected chi connectivity index (χ3v) is 5.65. The monoisotopic (exact) mass is 424 g/mol. The fourth-order valence-corrected chi connectivity index (χ4v) is 3.91. The number of para-hydroxylation sites is 1. The second kappa shape index (κ2) is 8.84. The number of nitrogens with one attached hydrogen (secondary N) is 1. The van der Waals surface area contributed by atoms with Crippen LogP contribution in [0.3, 0.4) is 0 Å². The number of carbonyl (C=O) groups excluding carboxylic acids is 1. The molecule has 2 aromatic carbocycles. The zero-order chi connectivity index (χ0) is 21.1. The Morgan fingerprint density at radius 3 is 2.50 bits per heavy atom. The average molecular weight is 425 g/mol. The lowest BCUT2D eigenvalue weighted by Gasteiger charge is -2.24. The quantitative estimate of drug-likeness (QED) is 0.723. The predicted molar refractivity (Wildman–Crippen MR) is 114 cm³/mol. The van der Waals surface area contributed by atoms with Gasteiger partial charge in [0.25, 0.3) is 0 Å². The number of benzene rings is 2. The van der Waals surface area contributed by atoms with Gasteiger partial charge in [0.2, 0.25) is 15.9 Å². The number of anilines is 2. The van der Waals surface area contributed by atoms with Crippen molar-refractivity contribution >= 4 is 38.9 Å². The van der Waals surface area contributed by atoms with Crippen molar-refractivity contribution in [2.24, 2.45) is 0 Å². The van der Waals surface area contributed by atoms with Crippen LogP contribution in [0.5, 0.6) is 5.75 Å². The number of hydrogen-bond donors (Lipinski definition) is 1. The smallest absolute Gasteiger partial charge is 0.245 e. The second-order valence-electron chi connectivity index (χ2n) is 6.83. The van der Waals surface area contributed by atoms with E-state index < -0.39 is 22.5 Å². The Morgan fingerprint density at radius 2 is 1.93 bits per heavy atom. The molecule has 0 radical (unpaired) electrons. The molecule has 0 saturated heterocycles. The molecule has 0 aliphatic rings. The van der Waals surface area contributed by atoms with Crippen LogP contribution >= 0.6 is 11.6 Å². The van der Waals surface area contributed by atoms with Gasteiger partial charge in [-0.1, -0.05) is 43.6 Å². The van der Waals surface area contributed by atoms with Gasteiger partial charge in [-0.2, -0.15) is 0 Å². The molecule has 0 atom stereocenters. The minimum Gasteiger partial charge on any atom is -0.495 e. The summed E-state index contributed by atoms with van der Waals surface area (Å²) >= 11 is 6.03. The Balaban J connectivity index is 2.38. The van der Waals surface area contributed by atoms with Crippen LogP contribution in [0, 0.1) is 6.92 Å². The Labute approximate surface area is 171 Å². The van der Waals surface area contributed by atoms with Crippen LogP contribution in [0.2, 0.25) is 5.02 Å². The molecule has 6 nitrogen and oxygen atoms in total. The van der Waals surface area contributed by atoms with Crippen molar-refractivity contribution in [3.63, 3.8) is 0 Å². The van der Waals surface area contributed by atoms with Gasteiger partial charge in [-0.25, -0.2) is 8.42 Å². The first-order valence-electron chi connectivity index (χ1n) is 8.75. The van der Waals surface area contributed by atoms with Crippen LogP contribution < -0.4 is 14.4 Å². The summed E-state index contributed by atoms with van der Waals surface area (Å²) in [6.45, 7) is 5.56. The maximum atomic E-state index is 12.8. The standard InChI is InChI=1S/C20H25ClN2O4S/c1-13(2)16-8-6-7-14(3)20(16)22-19(24)12-23(28(5,25)26)17-11-15(21)9-10-18(17)27-4/h6-11,13H,12H2,1-5H3,(H,22,24). The summed E-state index contributed by atoms with van der Waals surface area (Å²) in [4.78, 5) is 12.8. The summed E-state index contributed by atoms with van der Waals surface area (Å²) in [5.74, 6) is 0.0549. The summed E-state index contributed by atoms with van der Waals surface area (Å²) in [6, 6.07) is 10.4. The maximum Gasteiger partial charge on any atom is 0.245 e. The number of rotatable bonds is 7. The number of carbonyl (C=O) groups is 1. The molecule has 8 heteroatoms. The van der Waals surface area contributed by atoms with Crippen LogP contribution in [-0.4, -0.2) is 34.2 Å². The first kappa shape index (κ1) is 22.0. The molecule has 28 heavy (non-hydrogen) atoms. The van der Waals surface area contributed by atoms with E-state index in [2.05, 4.69) is 5.32 Å². The fourth-order valence-electron chi connectivity index (χ4n) is 2.89. The summed E-state index contributed by atoms with van der Waals surface area (Å²) in [7, 11) is -2.33. The van der Waals surface area contributed by atoms with E-state index in [9.17, 15) is 13.2 Å². The van der Waals surface area contributed by atoms with Crippen molar-refractivity contribution in [3.05, 3.63) is 52.5 Å². The van der Waals surface area contributed by atoms with Gasteiger partial charge in [-0.15, -0.1) is 0 Å². The Hall–Kier alpha value is -2.25. The molecular formula is C20H25ClN2O4S. The molecule has 0 aliphatic carbocycles. The lowest BCUT2D eigenvalue weighted by atomic mass is 9.98. The molecule has 0 heterocycles. The number of amides is 1. The van der Waals surface area contributed by atoms with Crippen molar-refractivity contribution in [1.82, 2.24) is 0 Å². The molecule has 0 fully saturated rings. The highest BCUT2D eigenvalue weighted by Crippen LogP contribution is 2.33. The number of halogens is 1. The van der Waals surface area contributed by atoms with Crippen LogP contribution in [0.1, 0.15) is 30.9 Å². The van der Waals surface area contributed by atoms with E-state index in [0.717, 1.165) is 21.7 Å². The van der Waals surface area contributed by atoms with Crippen LogP contribution in [-0.2, 0) is 14.8 Å². The molecule has 0 aliphatic heterocycles. The molecule has 0 saturated carbocycles. The van der Waals surface area contributed by atoms with Gasteiger partial charge in [0.15, 0.2) is 0 Å². The highest BCUT2D eigenvalue weighted by Gasteiger charge is 2.25. The topological polar surface area (TPSA) is 75.7 Å². The van der Waals surface area contributed by atoms with E-state index in [0.29, 0.717) is 16.5 Å². The number of sulfonamides is 1. The van der Waals surface area contributed by atoms with Gasteiger partial charge < -0.3 is 10.1 Å². The summed E-state index contributed by atoms with van der Waals surface area (Å²) in [6.07, 6.45) is 1.04. The number of nitrogens with zero attached hydrogens (tertiary/aromatic N) is 1. The number of hydrogen-bond acceptors (Lipinski definition) is 4. The molecule has 2 aromatic rings. The first-order chi connectivity index (χ1) is 13.0. The molecule has 0 aromatic heterocycles. The van der Waals surface area contributed by atoms with E-state index in [1.54, 1.807) is 12.1 Å². The van der Waals surface area contributed by atoms with Crippen molar-refractivity contribution in [1.29, 1.82) is 0 Å². The molecule has 2 rings (SSSR count). The zero-order valence-corrected chi connectivity index (χ0v) is 18.2. The minimum atomic E-state index is -3.76. The third kappa shape index (κ3) is 5.17. The largest absolute Gasteiger partial charge is 0.495 e. The van der Waals surface area contributed by atoms with E-state index in [-0.39, 0.29) is 11.6 Å². The average Bonchev–Trinajstić information content (AvgIpc) is 2.60. The maximum absolute atomic E-state index is 12.8.